The van der Waals surface area contributed by atoms with Crippen LogP contribution in [0.15, 0.2) is 48.5 Å². The second kappa shape index (κ2) is 6.26. The van der Waals surface area contributed by atoms with Crippen LogP contribution >= 0.6 is 11.6 Å². The fourth-order valence-electron chi connectivity index (χ4n) is 1.68. The second-order valence-corrected chi connectivity index (χ2v) is 4.69. The molecular formula is C16H13ClO3. The standard InChI is InChI=1S/C16H13ClO3/c1-11-3-2-4-13(9-11)20-15-7-5-12(10-14(15)17)6-8-16(18)19/h2-10H,1H3,(H,18,19)/b8-6+. The largest absolute Gasteiger partial charge is 0.478 e. The smallest absolute Gasteiger partial charge is 0.328 e. The molecule has 0 spiro atoms. The summed E-state index contributed by atoms with van der Waals surface area (Å²) in [4.78, 5) is 10.5. The Balaban J connectivity index is 2.20. The molecule has 20 heavy (non-hydrogen) atoms. The van der Waals surface area contributed by atoms with Gasteiger partial charge in [-0.25, -0.2) is 4.79 Å². The van der Waals surface area contributed by atoms with Crippen molar-refractivity contribution in [3.63, 3.8) is 0 Å². The van der Waals surface area contributed by atoms with Crippen LogP contribution in [0, 0.1) is 6.92 Å². The summed E-state index contributed by atoms with van der Waals surface area (Å²) in [6.45, 7) is 1.98. The van der Waals surface area contributed by atoms with E-state index < -0.39 is 5.97 Å². The van der Waals surface area contributed by atoms with E-state index in [2.05, 4.69) is 0 Å². The molecule has 0 heterocycles. The predicted molar refractivity (Wildman–Crippen MR) is 79.4 cm³/mol. The molecule has 0 aliphatic carbocycles. The first-order valence-electron chi connectivity index (χ1n) is 6.00. The molecule has 0 unspecified atom stereocenters. The monoisotopic (exact) mass is 288 g/mol. The van der Waals surface area contributed by atoms with E-state index in [0.29, 0.717) is 22.1 Å². The number of benzene rings is 2. The highest BCUT2D eigenvalue weighted by molar-refractivity contribution is 6.32. The predicted octanol–water partition coefficient (Wildman–Crippen LogP) is 4.54. The summed E-state index contributed by atoms with van der Waals surface area (Å²) in [6, 6.07) is 12.8. The van der Waals surface area contributed by atoms with Crippen LogP contribution < -0.4 is 4.74 Å². The van der Waals surface area contributed by atoms with Crippen molar-refractivity contribution in [2.45, 2.75) is 6.92 Å². The lowest BCUT2D eigenvalue weighted by Gasteiger charge is -2.08. The number of carbonyl (C=O) groups is 1. The average molecular weight is 289 g/mol. The molecule has 2 aromatic rings. The Morgan fingerprint density at radius 2 is 2.05 bits per heavy atom. The second-order valence-electron chi connectivity index (χ2n) is 4.28. The zero-order valence-electron chi connectivity index (χ0n) is 10.8. The molecule has 3 nitrogen and oxygen atoms in total. The first kappa shape index (κ1) is 14.2. The van der Waals surface area contributed by atoms with E-state index in [-0.39, 0.29) is 0 Å². The molecule has 2 aromatic carbocycles. The minimum atomic E-state index is -0.999. The Hall–Kier alpha value is -2.26. The van der Waals surface area contributed by atoms with Crippen molar-refractivity contribution >= 4 is 23.6 Å². The number of halogens is 1. The summed E-state index contributed by atoms with van der Waals surface area (Å²) >= 11 is 6.13. The Morgan fingerprint density at radius 3 is 2.70 bits per heavy atom. The topological polar surface area (TPSA) is 46.5 Å². The molecule has 0 atom stereocenters. The Bertz CT molecular complexity index is 663. The summed E-state index contributed by atoms with van der Waals surface area (Å²) in [5.74, 6) is 0.242. The van der Waals surface area contributed by atoms with Crippen molar-refractivity contribution in [1.82, 2.24) is 0 Å². The highest BCUT2D eigenvalue weighted by Crippen LogP contribution is 2.30. The molecule has 102 valence electrons. The summed E-state index contributed by atoms with van der Waals surface area (Å²) in [5.41, 5.74) is 1.80. The first-order chi connectivity index (χ1) is 9.54. The number of aliphatic carboxylic acids is 1. The molecule has 0 amide bonds. The molecule has 0 bridgehead atoms. The molecule has 0 aliphatic heterocycles. The van der Waals surface area contributed by atoms with Gasteiger partial charge in [0.15, 0.2) is 0 Å². The summed E-state index contributed by atoms with van der Waals surface area (Å²) in [5, 5.41) is 9.00. The summed E-state index contributed by atoms with van der Waals surface area (Å²) in [7, 11) is 0. The maximum absolute atomic E-state index is 10.5. The molecule has 2 rings (SSSR count). The number of hydrogen-bond donors (Lipinski definition) is 1. The van der Waals surface area contributed by atoms with E-state index >= 15 is 0 Å². The van der Waals surface area contributed by atoms with Gasteiger partial charge in [-0.3, -0.25) is 0 Å². The van der Waals surface area contributed by atoms with Crippen molar-refractivity contribution in [3.05, 3.63) is 64.7 Å². The van der Waals surface area contributed by atoms with E-state index in [9.17, 15) is 4.79 Å². The van der Waals surface area contributed by atoms with Crippen molar-refractivity contribution in [2.75, 3.05) is 0 Å². The number of carboxylic acids is 1. The van der Waals surface area contributed by atoms with Crippen LogP contribution in [0.3, 0.4) is 0 Å². The van der Waals surface area contributed by atoms with Crippen LogP contribution in [0.25, 0.3) is 6.08 Å². The number of rotatable bonds is 4. The van der Waals surface area contributed by atoms with Gasteiger partial charge in [0, 0.05) is 6.08 Å². The van der Waals surface area contributed by atoms with Gasteiger partial charge >= 0.3 is 5.97 Å². The van der Waals surface area contributed by atoms with E-state index in [0.717, 1.165) is 11.6 Å². The van der Waals surface area contributed by atoms with Crippen LogP contribution in [0.5, 0.6) is 11.5 Å². The molecule has 0 saturated carbocycles. The highest BCUT2D eigenvalue weighted by atomic mass is 35.5. The third kappa shape index (κ3) is 3.87. The zero-order valence-corrected chi connectivity index (χ0v) is 11.6. The summed E-state index contributed by atoms with van der Waals surface area (Å²) in [6.07, 6.45) is 2.54. The molecule has 0 radical (unpaired) electrons. The van der Waals surface area contributed by atoms with E-state index in [1.807, 2.05) is 31.2 Å². The SMILES string of the molecule is Cc1cccc(Oc2ccc(/C=C/C(=O)O)cc2Cl)c1. The van der Waals surface area contributed by atoms with Gasteiger partial charge in [-0.1, -0.05) is 29.8 Å². The zero-order chi connectivity index (χ0) is 14.5. The van der Waals surface area contributed by atoms with Crippen molar-refractivity contribution in [3.8, 4) is 11.5 Å². The van der Waals surface area contributed by atoms with Crippen molar-refractivity contribution in [1.29, 1.82) is 0 Å². The number of aryl methyl sites for hydroxylation is 1. The molecule has 0 aromatic heterocycles. The van der Waals surface area contributed by atoms with Crippen molar-refractivity contribution in [2.24, 2.45) is 0 Å². The third-order valence-corrected chi connectivity index (χ3v) is 2.89. The fraction of sp³-hybridized carbons (Fsp3) is 0.0625. The minimum Gasteiger partial charge on any atom is -0.478 e. The van der Waals surface area contributed by atoms with E-state index in [1.165, 1.54) is 6.08 Å². The maximum atomic E-state index is 10.5. The number of hydrogen-bond acceptors (Lipinski definition) is 2. The van der Waals surface area contributed by atoms with E-state index in [1.54, 1.807) is 18.2 Å². The molecule has 0 saturated heterocycles. The number of carboxylic acid groups (broad SMARTS) is 1. The molecule has 0 fully saturated rings. The average Bonchev–Trinajstić information content (AvgIpc) is 2.39. The lowest BCUT2D eigenvalue weighted by Crippen LogP contribution is -1.88. The lowest BCUT2D eigenvalue weighted by molar-refractivity contribution is -0.131. The molecule has 0 aliphatic rings. The van der Waals surface area contributed by atoms with Gasteiger partial charge in [0.1, 0.15) is 11.5 Å². The third-order valence-electron chi connectivity index (χ3n) is 2.59. The van der Waals surface area contributed by atoms with Gasteiger partial charge in [-0.15, -0.1) is 0 Å². The van der Waals surface area contributed by atoms with Gasteiger partial charge in [-0.05, 0) is 48.4 Å². The minimum absolute atomic E-state index is 0.430. The summed E-state index contributed by atoms with van der Waals surface area (Å²) < 4.78 is 5.70. The molecule has 1 N–H and O–H groups in total. The van der Waals surface area contributed by atoms with Crippen LogP contribution in [0.1, 0.15) is 11.1 Å². The molecule has 4 heteroatoms. The van der Waals surface area contributed by atoms with Crippen LogP contribution in [-0.2, 0) is 4.79 Å². The van der Waals surface area contributed by atoms with Gasteiger partial charge < -0.3 is 9.84 Å². The van der Waals surface area contributed by atoms with Gasteiger partial charge in [0.25, 0.3) is 0 Å². The van der Waals surface area contributed by atoms with Crippen LogP contribution in [0.2, 0.25) is 5.02 Å². The normalized spacial score (nSPS) is 10.7. The lowest BCUT2D eigenvalue weighted by atomic mass is 10.2. The van der Waals surface area contributed by atoms with Gasteiger partial charge in [0.2, 0.25) is 0 Å². The Labute approximate surface area is 122 Å². The van der Waals surface area contributed by atoms with Gasteiger partial charge in [-0.2, -0.15) is 0 Å². The quantitative estimate of drug-likeness (QED) is 0.840. The molecular weight excluding hydrogens is 276 g/mol. The first-order valence-corrected chi connectivity index (χ1v) is 6.37. The van der Waals surface area contributed by atoms with E-state index in [4.69, 9.17) is 21.4 Å². The van der Waals surface area contributed by atoms with Crippen LogP contribution in [0.4, 0.5) is 0 Å². The fourth-order valence-corrected chi connectivity index (χ4v) is 1.90. The highest BCUT2D eigenvalue weighted by Gasteiger charge is 2.04. The van der Waals surface area contributed by atoms with Crippen molar-refractivity contribution < 1.29 is 14.6 Å². The van der Waals surface area contributed by atoms with Crippen LogP contribution in [-0.4, -0.2) is 11.1 Å². The maximum Gasteiger partial charge on any atom is 0.328 e. The Morgan fingerprint density at radius 1 is 1.25 bits per heavy atom. The van der Waals surface area contributed by atoms with Gasteiger partial charge in [0.05, 0.1) is 5.02 Å². The Kier molecular flexibility index (Phi) is 4.43. The number of ether oxygens (including phenoxy) is 1.